The van der Waals surface area contributed by atoms with E-state index in [0.29, 0.717) is 42.2 Å². The number of anilines is 1. The first-order chi connectivity index (χ1) is 21.4. The summed E-state index contributed by atoms with van der Waals surface area (Å²) in [6.07, 6.45) is 5.84. The molecule has 2 aromatic carbocycles. The Labute approximate surface area is 266 Å². The fourth-order valence-electron chi connectivity index (χ4n) is 7.03. The molecule has 242 valence electrons. The van der Waals surface area contributed by atoms with E-state index in [2.05, 4.69) is 33.9 Å². The van der Waals surface area contributed by atoms with Gasteiger partial charge in [-0.15, -0.1) is 0 Å². The SMILES string of the molecule is CO[C@H]1C[C@H]2CC(N[C@@H](COc3cc(-c4c(C)cccc4C)nc(NS(=O)(=O)c4cccc(C(=O)O)c4)n3)CC(C)C)C[C@H]2C1. The number of benzene rings is 2. The Bertz CT molecular complexity index is 1590. The summed E-state index contributed by atoms with van der Waals surface area (Å²) in [6, 6.07) is 13.3. The molecule has 1 aromatic heterocycles. The minimum atomic E-state index is -4.20. The van der Waals surface area contributed by atoms with Gasteiger partial charge < -0.3 is 19.9 Å². The molecule has 10 nitrogen and oxygen atoms in total. The van der Waals surface area contributed by atoms with Gasteiger partial charge >= 0.3 is 5.97 Å². The van der Waals surface area contributed by atoms with Crippen molar-refractivity contribution in [1.29, 1.82) is 0 Å². The molecule has 5 rings (SSSR count). The number of carboxylic acid groups (broad SMARTS) is 1. The summed E-state index contributed by atoms with van der Waals surface area (Å²) in [5.41, 5.74) is 3.20. The zero-order valence-corrected chi connectivity index (χ0v) is 27.4. The molecule has 5 atom stereocenters. The van der Waals surface area contributed by atoms with Gasteiger partial charge in [0.1, 0.15) is 6.61 Å². The maximum Gasteiger partial charge on any atom is 0.335 e. The monoisotopic (exact) mass is 636 g/mol. The van der Waals surface area contributed by atoms with Crippen LogP contribution in [0.15, 0.2) is 53.4 Å². The standard InChI is InChI=1S/C34H44N4O6S/c1-20(2)12-27(35-26-13-24-15-28(43-5)16-25(24)14-26)19-44-31-18-30(32-21(3)8-6-9-22(32)4)36-34(37-31)38-45(41,42)29-11-7-10-23(17-29)33(39)40/h6-11,17-18,20,24-28,35H,12-16,19H2,1-5H3,(H,39,40)(H,36,37,38)/t24-,25+,26?,27-,28+/m1/s1. The lowest BCUT2D eigenvalue weighted by atomic mass is 10.00. The van der Waals surface area contributed by atoms with Crippen molar-refractivity contribution in [2.45, 2.75) is 82.9 Å². The number of carboxylic acids is 1. The molecule has 3 aromatic rings. The number of aromatic carboxylic acids is 1. The normalized spacial score (nSPS) is 21.9. The number of nitrogens with one attached hydrogen (secondary N) is 2. The van der Waals surface area contributed by atoms with E-state index in [1.165, 1.54) is 18.2 Å². The number of aromatic nitrogens is 2. The molecule has 1 heterocycles. The van der Waals surface area contributed by atoms with E-state index in [4.69, 9.17) is 9.47 Å². The maximum atomic E-state index is 13.3. The lowest BCUT2D eigenvalue weighted by molar-refractivity contribution is 0.0696. The van der Waals surface area contributed by atoms with Crippen molar-refractivity contribution >= 4 is 21.9 Å². The molecule has 11 heteroatoms. The highest BCUT2D eigenvalue weighted by Crippen LogP contribution is 2.45. The second-order valence-corrected chi connectivity index (χ2v) is 14.6. The summed E-state index contributed by atoms with van der Waals surface area (Å²) >= 11 is 0. The van der Waals surface area contributed by atoms with Crippen molar-refractivity contribution in [2.75, 3.05) is 18.4 Å². The summed E-state index contributed by atoms with van der Waals surface area (Å²) in [5.74, 6) is 0.713. The average molecular weight is 637 g/mol. The summed E-state index contributed by atoms with van der Waals surface area (Å²) in [6.45, 7) is 8.69. The van der Waals surface area contributed by atoms with Gasteiger partial charge in [-0.2, -0.15) is 4.98 Å². The predicted molar refractivity (Wildman–Crippen MR) is 173 cm³/mol. The smallest absolute Gasteiger partial charge is 0.335 e. The fraction of sp³-hybridized carbons (Fsp3) is 0.500. The molecule has 1 unspecified atom stereocenters. The topological polar surface area (TPSA) is 140 Å². The van der Waals surface area contributed by atoms with E-state index in [1.807, 2.05) is 39.2 Å². The van der Waals surface area contributed by atoms with Crippen molar-refractivity contribution in [1.82, 2.24) is 15.3 Å². The number of fused-ring (bicyclic) bond motifs is 1. The van der Waals surface area contributed by atoms with Crippen molar-refractivity contribution in [2.24, 2.45) is 17.8 Å². The van der Waals surface area contributed by atoms with Crippen LogP contribution in [0.4, 0.5) is 5.95 Å². The summed E-state index contributed by atoms with van der Waals surface area (Å²) in [4.78, 5) is 20.3. The van der Waals surface area contributed by atoms with Gasteiger partial charge in [-0.3, -0.25) is 0 Å². The van der Waals surface area contributed by atoms with Gasteiger partial charge in [0.25, 0.3) is 10.0 Å². The van der Waals surface area contributed by atoms with E-state index in [-0.39, 0.29) is 28.3 Å². The maximum absolute atomic E-state index is 13.3. The van der Waals surface area contributed by atoms with E-state index in [9.17, 15) is 18.3 Å². The lowest BCUT2D eigenvalue weighted by Gasteiger charge is -2.25. The lowest BCUT2D eigenvalue weighted by Crippen LogP contribution is -2.42. The molecule has 3 N–H and O–H groups in total. The van der Waals surface area contributed by atoms with Crippen LogP contribution in [0.2, 0.25) is 0 Å². The van der Waals surface area contributed by atoms with Gasteiger partial charge in [0.2, 0.25) is 11.8 Å². The van der Waals surface area contributed by atoms with Gasteiger partial charge in [-0.1, -0.05) is 38.1 Å². The third-order valence-corrected chi connectivity index (χ3v) is 10.3. The Morgan fingerprint density at radius 3 is 2.29 bits per heavy atom. The Balaban J connectivity index is 1.39. The molecule has 0 bridgehead atoms. The van der Waals surface area contributed by atoms with Crippen LogP contribution in [0.3, 0.4) is 0 Å². The van der Waals surface area contributed by atoms with E-state index in [0.717, 1.165) is 54.9 Å². The van der Waals surface area contributed by atoms with Crippen LogP contribution in [-0.2, 0) is 14.8 Å². The number of ether oxygens (including phenoxy) is 2. The molecular formula is C34H44N4O6S. The highest BCUT2D eigenvalue weighted by Gasteiger charge is 2.42. The van der Waals surface area contributed by atoms with Crippen LogP contribution in [0.1, 0.15) is 67.4 Å². The van der Waals surface area contributed by atoms with Crippen molar-refractivity contribution < 1.29 is 27.8 Å². The van der Waals surface area contributed by atoms with E-state index >= 15 is 0 Å². The molecule has 0 amide bonds. The summed E-state index contributed by atoms with van der Waals surface area (Å²) in [5, 5.41) is 13.2. The van der Waals surface area contributed by atoms with Gasteiger partial charge in [-0.25, -0.2) is 22.9 Å². The highest BCUT2D eigenvalue weighted by atomic mass is 32.2. The van der Waals surface area contributed by atoms with Gasteiger partial charge in [0.15, 0.2) is 0 Å². The van der Waals surface area contributed by atoms with Gasteiger partial charge in [-0.05, 0) is 93.0 Å². The minimum absolute atomic E-state index is 0.0876. The number of carbonyl (C=O) groups is 1. The molecule has 2 fully saturated rings. The molecule has 0 radical (unpaired) electrons. The zero-order valence-electron chi connectivity index (χ0n) is 26.6. The third kappa shape index (κ3) is 8.01. The molecule has 2 saturated carbocycles. The Hall–Kier alpha value is -3.54. The van der Waals surface area contributed by atoms with Crippen LogP contribution >= 0.6 is 0 Å². The first kappa shape index (κ1) is 32.8. The Morgan fingerprint density at radius 1 is 1.00 bits per heavy atom. The average Bonchev–Trinajstić information content (AvgIpc) is 3.54. The van der Waals surface area contributed by atoms with Crippen LogP contribution in [0.5, 0.6) is 5.88 Å². The fourth-order valence-corrected chi connectivity index (χ4v) is 8.02. The molecular weight excluding hydrogens is 592 g/mol. The van der Waals surface area contributed by atoms with Crippen LogP contribution in [-0.4, -0.2) is 61.4 Å². The molecule has 45 heavy (non-hydrogen) atoms. The molecule has 2 aliphatic carbocycles. The van der Waals surface area contributed by atoms with E-state index in [1.54, 1.807) is 6.07 Å². The number of sulfonamides is 1. The van der Waals surface area contributed by atoms with E-state index < -0.39 is 16.0 Å². The Morgan fingerprint density at radius 2 is 1.67 bits per heavy atom. The van der Waals surface area contributed by atoms with Crippen molar-refractivity contribution in [3.8, 4) is 17.1 Å². The number of hydrogen-bond donors (Lipinski definition) is 3. The molecule has 0 saturated heterocycles. The van der Waals surface area contributed by atoms with Crippen LogP contribution < -0.4 is 14.8 Å². The quantitative estimate of drug-likeness (QED) is 0.211. The molecule has 0 aliphatic heterocycles. The van der Waals surface area contributed by atoms with Gasteiger partial charge in [0.05, 0.1) is 22.3 Å². The summed E-state index contributed by atoms with van der Waals surface area (Å²) < 4.78 is 41.0. The summed E-state index contributed by atoms with van der Waals surface area (Å²) in [7, 11) is -2.39. The second-order valence-electron chi connectivity index (χ2n) is 12.9. The third-order valence-electron chi connectivity index (χ3n) is 9.02. The van der Waals surface area contributed by atoms with Crippen LogP contribution in [0, 0.1) is 31.6 Å². The largest absolute Gasteiger partial charge is 0.478 e. The first-order valence-electron chi connectivity index (χ1n) is 15.6. The van der Waals surface area contributed by atoms with Crippen molar-refractivity contribution in [3.63, 3.8) is 0 Å². The second kappa shape index (κ2) is 13.8. The highest BCUT2D eigenvalue weighted by molar-refractivity contribution is 7.92. The number of hydrogen-bond acceptors (Lipinski definition) is 8. The minimum Gasteiger partial charge on any atom is -0.478 e. The zero-order chi connectivity index (χ0) is 32.3. The molecule has 2 aliphatic rings. The molecule has 0 spiro atoms. The first-order valence-corrected chi connectivity index (χ1v) is 17.1. The predicted octanol–water partition coefficient (Wildman–Crippen LogP) is 5.85. The number of aryl methyl sites for hydroxylation is 2. The van der Waals surface area contributed by atoms with Gasteiger partial charge in [0, 0.05) is 30.8 Å². The number of rotatable bonds is 13. The number of methoxy groups -OCH3 is 1. The number of nitrogens with zero attached hydrogens (tertiary/aromatic N) is 2. The van der Waals surface area contributed by atoms with Crippen LogP contribution in [0.25, 0.3) is 11.3 Å². The Kier molecular flexibility index (Phi) is 10.1. The van der Waals surface area contributed by atoms with Crippen molar-refractivity contribution in [3.05, 3.63) is 65.2 Å².